The monoisotopic (exact) mass is 551 g/mol. The van der Waals surface area contributed by atoms with E-state index < -0.39 is 24.1 Å². The molecule has 2 fully saturated rings. The highest BCUT2D eigenvalue weighted by Crippen LogP contribution is 2.34. The third kappa shape index (κ3) is 6.38. The lowest BCUT2D eigenvalue weighted by Crippen LogP contribution is -2.47. The average Bonchev–Trinajstić information content (AvgIpc) is 3.57. The molecule has 0 aliphatic carbocycles. The van der Waals surface area contributed by atoms with Crippen molar-refractivity contribution in [2.24, 2.45) is 0 Å². The van der Waals surface area contributed by atoms with Crippen molar-refractivity contribution < 1.29 is 28.2 Å². The first-order chi connectivity index (χ1) is 18.9. The van der Waals surface area contributed by atoms with E-state index in [0.29, 0.717) is 40.6 Å². The Kier molecular flexibility index (Phi) is 8.09. The number of nitrogens with zero attached hydrogens (tertiary/aromatic N) is 1. The number of cyclic esters (lactones) is 1. The molecule has 2 N–H and O–H groups in total. The lowest BCUT2D eigenvalue weighted by atomic mass is 10.00. The van der Waals surface area contributed by atoms with Gasteiger partial charge in [0.1, 0.15) is 5.82 Å². The zero-order valence-corrected chi connectivity index (χ0v) is 21.7. The van der Waals surface area contributed by atoms with E-state index >= 15 is 0 Å². The molecule has 3 aromatic carbocycles. The number of hydrogen-bond acceptors (Lipinski definition) is 5. The van der Waals surface area contributed by atoms with Gasteiger partial charge in [-0.2, -0.15) is 0 Å². The Hall–Kier alpha value is -3.95. The molecule has 3 amide bonds. The molecule has 0 unspecified atom stereocenters. The van der Waals surface area contributed by atoms with Gasteiger partial charge in [-0.15, -0.1) is 0 Å². The van der Waals surface area contributed by atoms with Crippen molar-refractivity contribution >= 4 is 35.2 Å². The number of ether oxygens (including phenoxy) is 2. The molecule has 2 aliphatic heterocycles. The molecule has 39 heavy (non-hydrogen) atoms. The molecular formula is C29H27ClFN3O5. The van der Waals surface area contributed by atoms with Crippen LogP contribution < -0.4 is 10.6 Å². The normalized spacial score (nSPS) is 20.5. The van der Waals surface area contributed by atoms with Gasteiger partial charge in [0.2, 0.25) is 5.91 Å². The van der Waals surface area contributed by atoms with Crippen molar-refractivity contribution in [2.75, 3.05) is 18.5 Å². The summed E-state index contributed by atoms with van der Waals surface area (Å²) in [6, 6.07) is 18.1. The van der Waals surface area contributed by atoms with Gasteiger partial charge in [0.15, 0.2) is 12.1 Å². The molecule has 0 bridgehead atoms. The summed E-state index contributed by atoms with van der Waals surface area (Å²) >= 11 is 5.98. The molecule has 2 heterocycles. The van der Waals surface area contributed by atoms with Crippen LogP contribution in [0, 0.1) is 5.82 Å². The van der Waals surface area contributed by atoms with Crippen molar-refractivity contribution in [3.63, 3.8) is 0 Å². The van der Waals surface area contributed by atoms with E-state index in [0.717, 1.165) is 12.8 Å². The maximum absolute atomic E-state index is 13.4. The van der Waals surface area contributed by atoms with E-state index in [9.17, 15) is 18.8 Å². The average molecular weight is 552 g/mol. The van der Waals surface area contributed by atoms with Crippen LogP contribution in [0.3, 0.4) is 0 Å². The van der Waals surface area contributed by atoms with Gasteiger partial charge >= 0.3 is 6.09 Å². The van der Waals surface area contributed by atoms with Gasteiger partial charge in [0.05, 0.1) is 12.6 Å². The van der Waals surface area contributed by atoms with Crippen molar-refractivity contribution in [1.82, 2.24) is 10.2 Å². The molecule has 0 spiro atoms. The standard InChI is InChI=1S/C29H27ClFN3O5/c30-21-4-1-3-20(15-21)27(35)33-23-12-8-19(9-13-23)26-25(28(36)32-16-24-5-2-14-38-24)34(29(37)39-26)17-18-6-10-22(31)11-7-18/h1,3-4,6-13,15,24-26H,2,5,14,16-17H2,(H,32,36)(H,33,35)/t24-,25-,26+/m1/s1. The van der Waals surface area contributed by atoms with Crippen LogP contribution in [0.25, 0.3) is 0 Å². The summed E-state index contributed by atoms with van der Waals surface area (Å²) in [5, 5.41) is 6.16. The number of halogens is 2. The summed E-state index contributed by atoms with van der Waals surface area (Å²) in [5.41, 5.74) is 2.18. The van der Waals surface area contributed by atoms with Gasteiger partial charge in [0.25, 0.3) is 5.91 Å². The van der Waals surface area contributed by atoms with Crippen LogP contribution >= 0.6 is 11.6 Å². The highest BCUT2D eigenvalue weighted by molar-refractivity contribution is 6.31. The number of benzene rings is 3. The molecule has 2 saturated heterocycles. The smallest absolute Gasteiger partial charge is 0.411 e. The number of carbonyl (C=O) groups excluding carboxylic acids is 3. The zero-order valence-electron chi connectivity index (χ0n) is 20.9. The number of nitrogens with one attached hydrogen (secondary N) is 2. The summed E-state index contributed by atoms with van der Waals surface area (Å²) in [4.78, 5) is 40.3. The minimum atomic E-state index is -0.962. The molecule has 0 aromatic heterocycles. The molecule has 202 valence electrons. The fourth-order valence-electron chi connectivity index (χ4n) is 4.71. The first-order valence-corrected chi connectivity index (χ1v) is 13.0. The van der Waals surface area contributed by atoms with Crippen LogP contribution in [0.5, 0.6) is 0 Å². The van der Waals surface area contributed by atoms with E-state index in [1.165, 1.54) is 17.0 Å². The predicted molar refractivity (Wildman–Crippen MR) is 143 cm³/mol. The quantitative estimate of drug-likeness (QED) is 0.406. The number of anilines is 1. The predicted octanol–water partition coefficient (Wildman–Crippen LogP) is 5.09. The molecule has 8 nitrogen and oxygen atoms in total. The Morgan fingerprint density at radius 2 is 1.82 bits per heavy atom. The van der Waals surface area contributed by atoms with Crippen molar-refractivity contribution in [2.45, 2.75) is 37.6 Å². The highest BCUT2D eigenvalue weighted by atomic mass is 35.5. The molecule has 5 rings (SSSR count). The van der Waals surface area contributed by atoms with Gasteiger partial charge in [-0.1, -0.05) is 41.9 Å². The Labute approximate surface area is 230 Å². The minimum absolute atomic E-state index is 0.0708. The van der Waals surface area contributed by atoms with Crippen LogP contribution in [-0.2, 0) is 20.8 Å². The largest absolute Gasteiger partial charge is 0.438 e. The number of carbonyl (C=O) groups is 3. The van der Waals surface area contributed by atoms with Gasteiger partial charge in [-0.05, 0) is 66.4 Å². The van der Waals surface area contributed by atoms with E-state index in [4.69, 9.17) is 21.1 Å². The highest BCUT2D eigenvalue weighted by Gasteiger charge is 2.47. The number of hydrogen-bond donors (Lipinski definition) is 2. The molecule has 10 heteroatoms. The lowest BCUT2D eigenvalue weighted by Gasteiger charge is -2.25. The van der Waals surface area contributed by atoms with Crippen LogP contribution in [-0.4, -0.2) is 48.1 Å². The Morgan fingerprint density at radius 1 is 1.05 bits per heavy atom. The third-order valence-electron chi connectivity index (χ3n) is 6.73. The Balaban J connectivity index is 1.34. The molecular weight excluding hydrogens is 525 g/mol. The second-order valence-corrected chi connectivity index (χ2v) is 9.91. The zero-order chi connectivity index (χ0) is 27.4. The molecule has 3 atom stereocenters. The molecule has 0 saturated carbocycles. The molecule has 3 aromatic rings. The van der Waals surface area contributed by atoms with E-state index in [-0.39, 0.29) is 24.5 Å². The summed E-state index contributed by atoms with van der Waals surface area (Å²) in [7, 11) is 0. The summed E-state index contributed by atoms with van der Waals surface area (Å²) < 4.78 is 24.7. The minimum Gasteiger partial charge on any atom is -0.438 e. The van der Waals surface area contributed by atoms with Crippen LogP contribution in [0.15, 0.2) is 72.8 Å². The molecule has 0 radical (unpaired) electrons. The SMILES string of the molecule is O=C(Nc1ccc([C@@H]2OC(=O)N(Cc3ccc(F)cc3)[C@H]2C(=O)NC[C@H]2CCCO2)cc1)c1cccc(Cl)c1. The Morgan fingerprint density at radius 3 is 2.51 bits per heavy atom. The van der Waals surface area contributed by atoms with Crippen molar-refractivity contribution in [1.29, 1.82) is 0 Å². The Bertz CT molecular complexity index is 1350. The summed E-state index contributed by atoms with van der Waals surface area (Å²) in [5.74, 6) is -1.09. The first-order valence-electron chi connectivity index (χ1n) is 12.7. The summed E-state index contributed by atoms with van der Waals surface area (Å²) in [6.07, 6.45) is 0.176. The van der Waals surface area contributed by atoms with E-state index in [2.05, 4.69) is 10.6 Å². The second kappa shape index (κ2) is 11.8. The van der Waals surface area contributed by atoms with Crippen LogP contribution in [0.4, 0.5) is 14.9 Å². The van der Waals surface area contributed by atoms with E-state index in [1.54, 1.807) is 60.7 Å². The third-order valence-corrected chi connectivity index (χ3v) is 6.97. The fourth-order valence-corrected chi connectivity index (χ4v) is 4.90. The maximum Gasteiger partial charge on any atom is 0.411 e. The number of amides is 3. The fraction of sp³-hybridized carbons (Fsp3) is 0.276. The van der Waals surface area contributed by atoms with Crippen LogP contribution in [0.1, 0.15) is 40.4 Å². The first kappa shape index (κ1) is 26.6. The van der Waals surface area contributed by atoms with Gasteiger partial charge in [0, 0.05) is 29.4 Å². The topological polar surface area (TPSA) is 97.0 Å². The summed E-state index contributed by atoms with van der Waals surface area (Å²) in [6.45, 7) is 1.06. The van der Waals surface area contributed by atoms with Gasteiger partial charge < -0.3 is 20.1 Å². The lowest BCUT2D eigenvalue weighted by molar-refractivity contribution is -0.126. The second-order valence-electron chi connectivity index (χ2n) is 9.47. The maximum atomic E-state index is 13.4. The molecule has 2 aliphatic rings. The van der Waals surface area contributed by atoms with Crippen LogP contribution in [0.2, 0.25) is 5.02 Å². The van der Waals surface area contributed by atoms with Gasteiger partial charge in [-0.3, -0.25) is 14.5 Å². The van der Waals surface area contributed by atoms with Crippen molar-refractivity contribution in [3.8, 4) is 0 Å². The van der Waals surface area contributed by atoms with Gasteiger partial charge in [-0.25, -0.2) is 9.18 Å². The van der Waals surface area contributed by atoms with Crippen molar-refractivity contribution in [3.05, 3.63) is 100 Å². The number of rotatable bonds is 8. The van der Waals surface area contributed by atoms with E-state index in [1.807, 2.05) is 0 Å².